The van der Waals surface area contributed by atoms with Gasteiger partial charge in [-0.1, -0.05) is 81.4 Å². The Bertz CT molecular complexity index is 1120. The van der Waals surface area contributed by atoms with Crippen LogP contribution in [0.5, 0.6) is 0 Å². The normalized spacial score (nSPS) is 12.3. The largest absolute Gasteiger partial charge is 0.407 e. The average molecular weight is 446 g/mol. The molecule has 32 heavy (non-hydrogen) atoms. The standard InChI is InChI=1S/C25H31N5OSi/c1-25(2,3)32(20-12-6-4-7-13-20,21-14-8-5-9-15-21)31-17-11-10-16-30-19-29-22-23(26)27-18-28-24(22)30/h4-9,12-15,18-19H,10-11,16-17H2,1-3H3,(H2,26,27,28). The molecule has 4 aromatic rings. The van der Waals surface area contributed by atoms with Gasteiger partial charge in [-0.3, -0.25) is 0 Å². The lowest BCUT2D eigenvalue weighted by Crippen LogP contribution is -2.66. The maximum Gasteiger partial charge on any atom is 0.261 e. The van der Waals surface area contributed by atoms with Crippen LogP contribution in [0.15, 0.2) is 73.3 Å². The molecule has 2 N–H and O–H groups in total. The Balaban J connectivity index is 1.51. The van der Waals surface area contributed by atoms with Crippen LogP contribution in [0.3, 0.4) is 0 Å². The van der Waals surface area contributed by atoms with Gasteiger partial charge in [-0.2, -0.15) is 0 Å². The number of benzene rings is 2. The number of imidazole rings is 1. The molecular formula is C25H31N5OSi. The first-order valence-corrected chi connectivity index (χ1v) is 13.0. The van der Waals surface area contributed by atoms with E-state index in [0.29, 0.717) is 17.9 Å². The van der Waals surface area contributed by atoms with Crippen molar-refractivity contribution in [3.8, 4) is 0 Å². The van der Waals surface area contributed by atoms with Crippen LogP contribution in [0, 0.1) is 0 Å². The monoisotopic (exact) mass is 445 g/mol. The lowest BCUT2D eigenvalue weighted by molar-refractivity contribution is 0.285. The molecule has 7 heteroatoms. The Kier molecular flexibility index (Phi) is 6.39. The van der Waals surface area contributed by atoms with Crippen molar-refractivity contribution >= 4 is 35.7 Å². The van der Waals surface area contributed by atoms with Gasteiger partial charge in [0, 0.05) is 13.2 Å². The van der Waals surface area contributed by atoms with Crippen molar-refractivity contribution in [1.29, 1.82) is 0 Å². The van der Waals surface area contributed by atoms with Crippen LogP contribution in [0.1, 0.15) is 33.6 Å². The van der Waals surface area contributed by atoms with Crippen LogP contribution in [0.4, 0.5) is 5.82 Å². The first-order valence-electron chi connectivity index (χ1n) is 11.1. The predicted octanol–water partition coefficient (Wildman–Crippen LogP) is 3.77. The summed E-state index contributed by atoms with van der Waals surface area (Å²) in [4.78, 5) is 12.7. The number of hydrogen-bond acceptors (Lipinski definition) is 5. The van der Waals surface area contributed by atoms with Crippen LogP contribution in [-0.2, 0) is 11.0 Å². The highest BCUT2D eigenvalue weighted by Gasteiger charge is 2.49. The summed E-state index contributed by atoms with van der Waals surface area (Å²) in [7, 11) is -2.47. The third kappa shape index (κ3) is 4.18. The molecule has 6 nitrogen and oxygen atoms in total. The van der Waals surface area contributed by atoms with Crippen LogP contribution in [0.2, 0.25) is 5.04 Å². The zero-order valence-electron chi connectivity index (χ0n) is 19.0. The van der Waals surface area contributed by atoms with Gasteiger partial charge in [-0.25, -0.2) is 15.0 Å². The summed E-state index contributed by atoms with van der Waals surface area (Å²) in [6.07, 6.45) is 5.19. The highest BCUT2D eigenvalue weighted by atomic mass is 28.4. The lowest BCUT2D eigenvalue weighted by Gasteiger charge is -2.43. The van der Waals surface area contributed by atoms with Crippen LogP contribution in [0.25, 0.3) is 11.2 Å². The molecule has 2 aromatic heterocycles. The second-order valence-corrected chi connectivity index (χ2v) is 13.4. The zero-order chi connectivity index (χ0) is 22.6. The lowest BCUT2D eigenvalue weighted by atomic mass is 10.2. The molecular weight excluding hydrogens is 414 g/mol. The highest BCUT2D eigenvalue weighted by Crippen LogP contribution is 2.36. The number of anilines is 1. The van der Waals surface area contributed by atoms with E-state index < -0.39 is 8.32 Å². The highest BCUT2D eigenvalue weighted by molar-refractivity contribution is 6.99. The van der Waals surface area contributed by atoms with Crippen LogP contribution < -0.4 is 16.1 Å². The molecule has 0 fully saturated rings. The van der Waals surface area contributed by atoms with Crippen molar-refractivity contribution in [2.45, 2.75) is 45.2 Å². The van der Waals surface area contributed by atoms with Crippen molar-refractivity contribution in [1.82, 2.24) is 19.5 Å². The zero-order valence-corrected chi connectivity index (χ0v) is 20.0. The molecule has 0 atom stereocenters. The number of nitrogens with two attached hydrogens (primary N) is 1. The Labute approximate surface area is 190 Å². The summed E-state index contributed by atoms with van der Waals surface area (Å²) in [6.45, 7) is 8.44. The number of nitrogens with zero attached hydrogens (tertiary/aromatic N) is 4. The SMILES string of the molecule is CC(C)(C)[Si](OCCCCn1cnc2c(N)ncnc21)(c1ccccc1)c1ccccc1. The quantitative estimate of drug-likeness (QED) is 0.330. The molecule has 0 aliphatic heterocycles. The molecule has 2 aromatic carbocycles. The van der Waals surface area contributed by atoms with Crippen LogP contribution in [-0.4, -0.2) is 34.4 Å². The molecule has 0 bridgehead atoms. The number of fused-ring (bicyclic) bond motifs is 1. The Morgan fingerprint density at radius 2 is 1.50 bits per heavy atom. The Morgan fingerprint density at radius 1 is 0.875 bits per heavy atom. The molecule has 0 unspecified atom stereocenters. The van der Waals surface area contributed by atoms with Gasteiger partial charge < -0.3 is 14.7 Å². The third-order valence-corrected chi connectivity index (χ3v) is 11.0. The first-order chi connectivity index (χ1) is 15.4. The predicted molar refractivity (Wildman–Crippen MR) is 133 cm³/mol. The number of hydrogen-bond donors (Lipinski definition) is 1. The van der Waals surface area contributed by atoms with Crippen molar-refractivity contribution in [2.24, 2.45) is 0 Å². The van der Waals surface area contributed by atoms with E-state index in [2.05, 4.69) is 96.4 Å². The van der Waals surface area contributed by atoms with E-state index in [4.69, 9.17) is 10.2 Å². The van der Waals surface area contributed by atoms with E-state index in [1.54, 1.807) is 6.33 Å². The minimum atomic E-state index is -2.47. The van der Waals surface area contributed by atoms with E-state index in [9.17, 15) is 0 Å². The maximum absolute atomic E-state index is 6.96. The molecule has 0 spiro atoms. The topological polar surface area (TPSA) is 78.9 Å². The van der Waals surface area contributed by atoms with Gasteiger partial charge in [-0.05, 0) is 28.3 Å². The average Bonchev–Trinajstić information content (AvgIpc) is 3.21. The number of nitrogen functional groups attached to an aromatic ring is 1. The van der Waals surface area contributed by atoms with Crippen molar-refractivity contribution in [3.63, 3.8) is 0 Å². The fraction of sp³-hybridized carbons (Fsp3) is 0.320. The van der Waals surface area contributed by atoms with Gasteiger partial charge in [0.2, 0.25) is 0 Å². The van der Waals surface area contributed by atoms with Gasteiger partial charge in [0.05, 0.1) is 6.33 Å². The minimum Gasteiger partial charge on any atom is -0.407 e. The first kappa shape index (κ1) is 22.2. The maximum atomic E-state index is 6.96. The summed E-state index contributed by atoms with van der Waals surface area (Å²) >= 11 is 0. The summed E-state index contributed by atoms with van der Waals surface area (Å²) in [5.41, 5.74) is 7.35. The number of unbranched alkanes of at least 4 members (excludes halogenated alkanes) is 1. The molecule has 4 rings (SSSR count). The summed E-state index contributed by atoms with van der Waals surface area (Å²) in [5.74, 6) is 0.420. The Morgan fingerprint density at radius 3 is 2.09 bits per heavy atom. The molecule has 0 saturated heterocycles. The second kappa shape index (κ2) is 9.22. The molecule has 0 radical (unpaired) electrons. The van der Waals surface area contributed by atoms with Gasteiger partial charge >= 0.3 is 0 Å². The van der Waals surface area contributed by atoms with Gasteiger partial charge in [0.1, 0.15) is 11.8 Å². The van der Waals surface area contributed by atoms with E-state index in [1.807, 2.05) is 4.57 Å². The third-order valence-electron chi connectivity index (χ3n) is 5.96. The molecule has 0 saturated carbocycles. The second-order valence-electron chi connectivity index (χ2n) is 9.09. The fourth-order valence-electron chi connectivity index (χ4n) is 4.43. The number of aryl methyl sites for hydroxylation is 1. The molecule has 166 valence electrons. The van der Waals surface area contributed by atoms with Crippen molar-refractivity contribution in [3.05, 3.63) is 73.3 Å². The number of rotatable bonds is 8. The molecule has 0 aliphatic rings. The van der Waals surface area contributed by atoms with Gasteiger partial charge in [0.25, 0.3) is 8.32 Å². The van der Waals surface area contributed by atoms with E-state index in [0.717, 1.165) is 25.0 Å². The molecule has 2 heterocycles. The van der Waals surface area contributed by atoms with Gasteiger partial charge in [-0.15, -0.1) is 0 Å². The fourth-order valence-corrected chi connectivity index (χ4v) is 9.04. The number of aromatic nitrogens is 4. The van der Waals surface area contributed by atoms with Gasteiger partial charge in [0.15, 0.2) is 11.5 Å². The minimum absolute atomic E-state index is 0.00922. The summed E-state index contributed by atoms with van der Waals surface area (Å²) in [6, 6.07) is 21.5. The van der Waals surface area contributed by atoms with E-state index in [-0.39, 0.29) is 5.04 Å². The molecule has 0 aliphatic carbocycles. The molecule has 0 amide bonds. The van der Waals surface area contributed by atoms with E-state index >= 15 is 0 Å². The van der Waals surface area contributed by atoms with Crippen molar-refractivity contribution < 1.29 is 4.43 Å². The van der Waals surface area contributed by atoms with Crippen LogP contribution >= 0.6 is 0 Å². The Hall–Kier alpha value is -3.03. The van der Waals surface area contributed by atoms with Crippen molar-refractivity contribution in [2.75, 3.05) is 12.3 Å². The van der Waals surface area contributed by atoms with E-state index in [1.165, 1.54) is 16.7 Å². The summed E-state index contributed by atoms with van der Waals surface area (Å²) in [5, 5.41) is 2.61. The summed E-state index contributed by atoms with van der Waals surface area (Å²) < 4.78 is 9.00. The smallest absolute Gasteiger partial charge is 0.261 e.